The summed E-state index contributed by atoms with van der Waals surface area (Å²) in [5, 5.41) is 9.28. The number of nitriles is 1. The number of benzene rings is 2. The molecular weight excluding hydrogens is 350 g/mol. The smallest absolute Gasteiger partial charge is 0.289 e. The van der Waals surface area contributed by atoms with Gasteiger partial charge in [0.1, 0.15) is 11.6 Å². The van der Waals surface area contributed by atoms with E-state index in [9.17, 15) is 18.8 Å². The van der Waals surface area contributed by atoms with Gasteiger partial charge in [0.15, 0.2) is 5.82 Å². The van der Waals surface area contributed by atoms with Crippen LogP contribution < -0.4 is 0 Å². The maximum absolute atomic E-state index is 14.5. The number of aromatic nitrogens is 2. The molecule has 1 aliphatic rings. The van der Waals surface area contributed by atoms with Crippen LogP contribution in [-0.4, -0.2) is 34.0 Å². The summed E-state index contributed by atoms with van der Waals surface area (Å²) < 4.78 is 30.0. The van der Waals surface area contributed by atoms with Crippen molar-refractivity contribution in [2.45, 2.75) is 6.54 Å². The highest BCUT2D eigenvalue weighted by Crippen LogP contribution is 2.32. The lowest BCUT2D eigenvalue weighted by Gasteiger charge is -2.24. The Hall–Kier alpha value is -3.53. The van der Waals surface area contributed by atoms with Crippen molar-refractivity contribution in [1.82, 2.24) is 14.5 Å². The molecule has 2 aromatic carbocycles. The fourth-order valence-corrected chi connectivity index (χ4v) is 3.25. The third-order valence-electron chi connectivity index (χ3n) is 4.71. The quantitative estimate of drug-likeness (QED) is 0.700. The van der Waals surface area contributed by atoms with Gasteiger partial charge in [0.05, 0.1) is 23.5 Å². The number of carbonyl (C=O) groups is 1. The van der Waals surface area contributed by atoms with Crippen molar-refractivity contribution in [2.75, 3.05) is 13.6 Å². The van der Waals surface area contributed by atoms with Gasteiger partial charge in [-0.05, 0) is 36.4 Å². The van der Waals surface area contributed by atoms with Crippen molar-refractivity contribution in [3.63, 3.8) is 0 Å². The van der Waals surface area contributed by atoms with Crippen molar-refractivity contribution < 1.29 is 13.6 Å². The van der Waals surface area contributed by atoms with E-state index in [1.807, 2.05) is 6.07 Å². The van der Waals surface area contributed by atoms with E-state index >= 15 is 0 Å². The normalized spacial score (nSPS) is 13.4. The summed E-state index contributed by atoms with van der Waals surface area (Å²) in [7, 11) is 1.71. The van der Waals surface area contributed by atoms with E-state index in [2.05, 4.69) is 4.98 Å². The highest BCUT2D eigenvalue weighted by atomic mass is 19.1. The summed E-state index contributed by atoms with van der Waals surface area (Å²) in [5.41, 5.74) is 1.79. The standard InChI is InChI=1S/C20H14F2N4O/c1-25-6-7-26-18(11-24-19(26)20(25)27)12-3-5-17(22)16(8-12)15-9-14(21)4-2-13(15)10-23/h2-5,8-9,11H,6-7H2,1H3. The van der Waals surface area contributed by atoms with Crippen molar-refractivity contribution >= 4 is 5.91 Å². The fraction of sp³-hybridized carbons (Fsp3) is 0.150. The second-order valence-electron chi connectivity index (χ2n) is 6.34. The summed E-state index contributed by atoms with van der Waals surface area (Å²) in [5.74, 6) is -0.959. The van der Waals surface area contributed by atoms with E-state index < -0.39 is 11.6 Å². The topological polar surface area (TPSA) is 61.9 Å². The second-order valence-corrected chi connectivity index (χ2v) is 6.34. The van der Waals surface area contributed by atoms with Gasteiger partial charge in [0.2, 0.25) is 0 Å². The lowest BCUT2D eigenvalue weighted by atomic mass is 9.97. The Balaban J connectivity index is 1.86. The predicted molar refractivity (Wildman–Crippen MR) is 94.7 cm³/mol. The average molecular weight is 364 g/mol. The van der Waals surface area contributed by atoms with Crippen LogP contribution in [0.25, 0.3) is 22.4 Å². The Morgan fingerprint density at radius 2 is 1.93 bits per heavy atom. The molecule has 0 bridgehead atoms. The molecular formula is C20H14F2N4O. The molecule has 0 unspecified atom stereocenters. The molecule has 0 aliphatic carbocycles. The van der Waals surface area contributed by atoms with Crippen LogP contribution in [0.1, 0.15) is 16.2 Å². The number of rotatable bonds is 2. The number of halogens is 2. The minimum Gasteiger partial charge on any atom is -0.337 e. The molecule has 5 nitrogen and oxygen atoms in total. The largest absolute Gasteiger partial charge is 0.337 e. The van der Waals surface area contributed by atoms with E-state index in [0.717, 1.165) is 6.07 Å². The third-order valence-corrected chi connectivity index (χ3v) is 4.71. The van der Waals surface area contributed by atoms with E-state index in [1.165, 1.54) is 18.2 Å². The number of hydrogen-bond donors (Lipinski definition) is 0. The Morgan fingerprint density at radius 3 is 2.70 bits per heavy atom. The van der Waals surface area contributed by atoms with Crippen LogP contribution in [0, 0.1) is 23.0 Å². The third kappa shape index (κ3) is 2.75. The molecule has 134 valence electrons. The zero-order valence-corrected chi connectivity index (χ0v) is 14.4. The van der Waals surface area contributed by atoms with E-state index in [1.54, 1.807) is 34.8 Å². The molecule has 27 heavy (non-hydrogen) atoms. The summed E-state index contributed by atoms with van der Waals surface area (Å²) >= 11 is 0. The SMILES string of the molecule is CN1CCn2c(-c3ccc(F)c(-c4cc(F)ccc4C#N)c3)cnc2C1=O. The molecule has 0 N–H and O–H groups in total. The summed E-state index contributed by atoms with van der Waals surface area (Å²) in [4.78, 5) is 18.0. The fourth-order valence-electron chi connectivity index (χ4n) is 3.25. The zero-order chi connectivity index (χ0) is 19.1. The highest BCUT2D eigenvalue weighted by Gasteiger charge is 2.26. The van der Waals surface area contributed by atoms with E-state index in [-0.39, 0.29) is 22.6 Å². The van der Waals surface area contributed by atoms with Crippen LogP contribution in [0.5, 0.6) is 0 Å². The van der Waals surface area contributed by atoms with E-state index in [4.69, 9.17) is 0 Å². The zero-order valence-electron chi connectivity index (χ0n) is 14.4. The summed E-state index contributed by atoms with van der Waals surface area (Å²) in [6.45, 7) is 1.12. The number of carbonyl (C=O) groups excluding carboxylic acids is 1. The van der Waals surface area contributed by atoms with Crippen LogP contribution in [0.15, 0.2) is 42.6 Å². The Morgan fingerprint density at radius 1 is 1.11 bits per heavy atom. The molecule has 3 aromatic rings. The monoisotopic (exact) mass is 364 g/mol. The lowest BCUT2D eigenvalue weighted by Crippen LogP contribution is -2.37. The molecule has 0 saturated heterocycles. The molecule has 1 amide bonds. The number of hydrogen-bond acceptors (Lipinski definition) is 3. The molecule has 1 aliphatic heterocycles. The summed E-state index contributed by atoms with van der Waals surface area (Å²) in [6.07, 6.45) is 1.57. The van der Waals surface area contributed by atoms with Gasteiger partial charge in [-0.25, -0.2) is 13.8 Å². The molecule has 0 atom stereocenters. The highest BCUT2D eigenvalue weighted by molar-refractivity contribution is 5.92. The maximum atomic E-state index is 14.5. The van der Waals surface area contributed by atoms with Gasteiger partial charge in [-0.15, -0.1) is 0 Å². The first-order chi connectivity index (χ1) is 13.0. The van der Waals surface area contributed by atoms with Crippen LogP contribution in [0.2, 0.25) is 0 Å². The first kappa shape index (κ1) is 16.9. The molecule has 0 spiro atoms. The predicted octanol–water partition coefficient (Wildman–Crippen LogP) is 3.45. The first-order valence-corrected chi connectivity index (χ1v) is 8.30. The second kappa shape index (κ2) is 6.32. The summed E-state index contributed by atoms with van der Waals surface area (Å²) in [6, 6.07) is 10.0. The Labute approximate surface area is 154 Å². The number of fused-ring (bicyclic) bond motifs is 1. The van der Waals surface area contributed by atoms with Gasteiger partial charge >= 0.3 is 0 Å². The molecule has 4 rings (SSSR count). The lowest BCUT2D eigenvalue weighted by molar-refractivity contribution is 0.0742. The van der Waals surface area contributed by atoms with Gasteiger partial charge in [-0.2, -0.15) is 5.26 Å². The molecule has 7 heteroatoms. The van der Waals surface area contributed by atoms with Gasteiger partial charge < -0.3 is 9.47 Å². The molecule has 0 saturated carbocycles. The minimum atomic E-state index is -0.560. The van der Waals surface area contributed by atoms with Crippen molar-refractivity contribution in [2.24, 2.45) is 0 Å². The minimum absolute atomic E-state index is 0.123. The van der Waals surface area contributed by atoms with Crippen LogP contribution in [0.4, 0.5) is 8.78 Å². The van der Waals surface area contributed by atoms with Crippen molar-refractivity contribution in [3.8, 4) is 28.5 Å². The number of imidazole rings is 1. The maximum Gasteiger partial charge on any atom is 0.289 e. The van der Waals surface area contributed by atoms with Crippen molar-refractivity contribution in [3.05, 3.63) is 65.6 Å². The van der Waals surface area contributed by atoms with Crippen LogP contribution in [0.3, 0.4) is 0 Å². The Bertz CT molecular complexity index is 1110. The average Bonchev–Trinajstić information content (AvgIpc) is 3.10. The number of amides is 1. The molecule has 2 heterocycles. The van der Waals surface area contributed by atoms with Gasteiger partial charge in [0, 0.05) is 36.8 Å². The number of nitrogens with zero attached hydrogens (tertiary/aromatic N) is 4. The van der Waals surface area contributed by atoms with Gasteiger partial charge in [0.25, 0.3) is 5.91 Å². The van der Waals surface area contributed by atoms with Gasteiger partial charge in [-0.1, -0.05) is 0 Å². The Kier molecular flexibility index (Phi) is 3.96. The van der Waals surface area contributed by atoms with Crippen molar-refractivity contribution in [1.29, 1.82) is 5.26 Å². The van der Waals surface area contributed by atoms with Crippen LogP contribution in [-0.2, 0) is 6.54 Å². The van der Waals surface area contributed by atoms with Gasteiger partial charge in [-0.3, -0.25) is 4.79 Å². The first-order valence-electron chi connectivity index (χ1n) is 8.30. The number of likely N-dealkylation sites (N-methyl/N-ethyl adjacent to an activating group) is 1. The molecule has 0 radical (unpaired) electrons. The molecule has 1 aromatic heterocycles. The van der Waals surface area contributed by atoms with E-state index in [0.29, 0.717) is 30.2 Å². The van der Waals surface area contributed by atoms with Crippen LogP contribution >= 0.6 is 0 Å². The molecule has 0 fully saturated rings.